The number of nitrogens with zero attached hydrogens (tertiary/aromatic N) is 1. The van der Waals surface area contributed by atoms with Crippen LogP contribution in [0.3, 0.4) is 0 Å². The molecule has 0 saturated heterocycles. The van der Waals surface area contributed by atoms with Crippen LogP contribution in [0.25, 0.3) is 0 Å². The van der Waals surface area contributed by atoms with Crippen molar-refractivity contribution < 1.29 is 4.79 Å². The van der Waals surface area contributed by atoms with Crippen LogP contribution in [-0.4, -0.2) is 10.9 Å². The van der Waals surface area contributed by atoms with Gasteiger partial charge in [0, 0.05) is 6.20 Å². The lowest BCUT2D eigenvalue weighted by Crippen LogP contribution is -2.27. The van der Waals surface area contributed by atoms with Gasteiger partial charge in [-0.05, 0) is 35.4 Å². The van der Waals surface area contributed by atoms with Gasteiger partial charge in [-0.15, -0.1) is 0 Å². The standard InChI is InChI=1S/C12H14N4OS/c1-8(9-3-5-18-7-9)15-12(17)10-2-4-14-6-11(10)16-13/h2-8,16H,13H2,1H3,(H,15,17). The monoisotopic (exact) mass is 262 g/mol. The van der Waals surface area contributed by atoms with Crippen molar-refractivity contribution >= 4 is 22.9 Å². The van der Waals surface area contributed by atoms with E-state index in [1.165, 1.54) is 6.20 Å². The second-order valence-electron chi connectivity index (χ2n) is 3.82. The highest BCUT2D eigenvalue weighted by atomic mass is 32.1. The van der Waals surface area contributed by atoms with Gasteiger partial charge >= 0.3 is 0 Å². The molecule has 0 aromatic carbocycles. The number of hydrogen-bond donors (Lipinski definition) is 3. The largest absolute Gasteiger partial charge is 0.345 e. The minimum absolute atomic E-state index is 0.0393. The first-order valence-electron chi connectivity index (χ1n) is 5.46. The second-order valence-corrected chi connectivity index (χ2v) is 4.60. The van der Waals surface area contributed by atoms with Crippen molar-refractivity contribution in [2.75, 3.05) is 5.43 Å². The van der Waals surface area contributed by atoms with E-state index in [-0.39, 0.29) is 11.9 Å². The SMILES string of the molecule is CC(NC(=O)c1ccncc1NN)c1ccsc1. The Labute approximate surface area is 109 Å². The highest BCUT2D eigenvalue weighted by molar-refractivity contribution is 7.07. The first kappa shape index (κ1) is 12.5. The van der Waals surface area contributed by atoms with Gasteiger partial charge in [0.1, 0.15) is 0 Å². The zero-order valence-corrected chi connectivity index (χ0v) is 10.7. The molecular weight excluding hydrogens is 248 g/mol. The molecule has 0 aliphatic rings. The molecule has 1 amide bonds. The fourth-order valence-electron chi connectivity index (χ4n) is 1.59. The third-order valence-corrected chi connectivity index (χ3v) is 3.31. The van der Waals surface area contributed by atoms with Gasteiger partial charge in [0.15, 0.2) is 0 Å². The summed E-state index contributed by atoms with van der Waals surface area (Å²) in [4.78, 5) is 16.0. The minimum Gasteiger partial charge on any atom is -0.345 e. The van der Waals surface area contributed by atoms with Crippen LogP contribution < -0.4 is 16.6 Å². The number of carbonyl (C=O) groups excluding carboxylic acids is 1. The predicted molar refractivity (Wildman–Crippen MR) is 72.2 cm³/mol. The molecule has 1 atom stereocenters. The lowest BCUT2D eigenvalue weighted by Gasteiger charge is -2.14. The molecule has 4 N–H and O–H groups in total. The van der Waals surface area contributed by atoms with Crippen molar-refractivity contribution in [3.05, 3.63) is 46.4 Å². The predicted octanol–water partition coefficient (Wildman–Crippen LogP) is 1.92. The average molecular weight is 262 g/mol. The van der Waals surface area contributed by atoms with Gasteiger partial charge in [0.25, 0.3) is 5.91 Å². The Morgan fingerprint density at radius 3 is 3.00 bits per heavy atom. The summed E-state index contributed by atoms with van der Waals surface area (Å²) < 4.78 is 0. The van der Waals surface area contributed by atoms with Crippen molar-refractivity contribution in [2.24, 2.45) is 5.84 Å². The van der Waals surface area contributed by atoms with E-state index in [0.29, 0.717) is 11.3 Å². The Bertz CT molecular complexity index is 527. The Kier molecular flexibility index (Phi) is 3.91. The zero-order valence-electron chi connectivity index (χ0n) is 9.88. The molecule has 0 radical (unpaired) electrons. The Morgan fingerprint density at radius 1 is 1.50 bits per heavy atom. The first-order chi connectivity index (χ1) is 8.72. The summed E-state index contributed by atoms with van der Waals surface area (Å²) in [5.41, 5.74) is 4.54. The van der Waals surface area contributed by atoms with Crippen molar-refractivity contribution in [1.29, 1.82) is 0 Å². The molecule has 0 fully saturated rings. The van der Waals surface area contributed by atoms with Crippen molar-refractivity contribution in [3.8, 4) is 0 Å². The molecule has 1 unspecified atom stereocenters. The molecule has 94 valence electrons. The Balaban J connectivity index is 2.12. The Hall–Kier alpha value is -1.92. The van der Waals surface area contributed by atoms with Crippen LogP contribution in [0.15, 0.2) is 35.3 Å². The summed E-state index contributed by atoms with van der Waals surface area (Å²) >= 11 is 1.60. The van der Waals surface area contributed by atoms with Gasteiger partial charge in [0.05, 0.1) is 23.5 Å². The van der Waals surface area contributed by atoms with E-state index in [4.69, 9.17) is 5.84 Å². The molecule has 0 aliphatic heterocycles. The molecule has 2 aromatic rings. The average Bonchev–Trinajstić information content (AvgIpc) is 2.92. The molecule has 2 heterocycles. The lowest BCUT2D eigenvalue weighted by atomic mass is 10.1. The number of aromatic nitrogens is 1. The third kappa shape index (κ3) is 2.66. The summed E-state index contributed by atoms with van der Waals surface area (Å²) in [7, 11) is 0. The molecule has 0 bridgehead atoms. The minimum atomic E-state index is -0.177. The molecule has 2 rings (SSSR count). The molecule has 0 saturated carbocycles. The van der Waals surface area contributed by atoms with Crippen LogP contribution in [0.2, 0.25) is 0 Å². The van der Waals surface area contributed by atoms with Crippen LogP contribution in [-0.2, 0) is 0 Å². The molecular formula is C12H14N4OS. The summed E-state index contributed by atoms with van der Waals surface area (Å²) in [5.74, 6) is 5.17. The van der Waals surface area contributed by atoms with Crippen molar-refractivity contribution in [1.82, 2.24) is 10.3 Å². The quantitative estimate of drug-likeness (QED) is 0.581. The van der Waals surface area contributed by atoms with Crippen LogP contribution in [0.1, 0.15) is 28.9 Å². The number of pyridine rings is 1. The van der Waals surface area contributed by atoms with Crippen molar-refractivity contribution in [2.45, 2.75) is 13.0 Å². The smallest absolute Gasteiger partial charge is 0.254 e. The van der Waals surface area contributed by atoms with Gasteiger partial charge < -0.3 is 10.7 Å². The van der Waals surface area contributed by atoms with E-state index in [1.54, 1.807) is 23.6 Å². The van der Waals surface area contributed by atoms with E-state index in [2.05, 4.69) is 15.7 Å². The van der Waals surface area contributed by atoms with Crippen LogP contribution in [0.4, 0.5) is 5.69 Å². The number of thiophene rings is 1. The maximum Gasteiger partial charge on any atom is 0.254 e. The number of rotatable bonds is 4. The maximum atomic E-state index is 12.1. The van der Waals surface area contributed by atoms with E-state index < -0.39 is 0 Å². The summed E-state index contributed by atoms with van der Waals surface area (Å²) in [6, 6.07) is 3.58. The van der Waals surface area contributed by atoms with Gasteiger partial charge in [-0.3, -0.25) is 15.6 Å². The highest BCUT2D eigenvalue weighted by Crippen LogP contribution is 2.18. The number of nitrogens with two attached hydrogens (primary N) is 1. The fraction of sp³-hybridized carbons (Fsp3) is 0.167. The molecule has 5 nitrogen and oxygen atoms in total. The molecule has 0 aliphatic carbocycles. The van der Waals surface area contributed by atoms with Crippen LogP contribution in [0, 0.1) is 0 Å². The Morgan fingerprint density at radius 2 is 2.33 bits per heavy atom. The summed E-state index contributed by atoms with van der Waals surface area (Å²) in [6.07, 6.45) is 3.08. The van der Waals surface area contributed by atoms with E-state index in [1.807, 2.05) is 23.8 Å². The topological polar surface area (TPSA) is 80.0 Å². The van der Waals surface area contributed by atoms with Gasteiger partial charge in [0.2, 0.25) is 0 Å². The normalized spacial score (nSPS) is 11.9. The molecule has 0 spiro atoms. The number of nitrogen functional groups attached to an aromatic ring is 1. The number of anilines is 1. The molecule has 6 heteroatoms. The second kappa shape index (κ2) is 5.61. The number of amides is 1. The van der Waals surface area contributed by atoms with Gasteiger partial charge in [-0.25, -0.2) is 0 Å². The van der Waals surface area contributed by atoms with Gasteiger partial charge in [-0.1, -0.05) is 0 Å². The fourth-order valence-corrected chi connectivity index (χ4v) is 2.34. The first-order valence-corrected chi connectivity index (χ1v) is 6.40. The maximum absolute atomic E-state index is 12.1. The van der Waals surface area contributed by atoms with Crippen LogP contribution in [0.5, 0.6) is 0 Å². The zero-order chi connectivity index (χ0) is 13.0. The van der Waals surface area contributed by atoms with Gasteiger partial charge in [-0.2, -0.15) is 11.3 Å². The molecule has 2 aromatic heterocycles. The van der Waals surface area contributed by atoms with E-state index in [0.717, 1.165) is 5.56 Å². The number of nitrogens with one attached hydrogen (secondary N) is 2. The van der Waals surface area contributed by atoms with E-state index in [9.17, 15) is 4.79 Å². The third-order valence-electron chi connectivity index (χ3n) is 2.61. The number of hydrazine groups is 1. The summed E-state index contributed by atoms with van der Waals surface area (Å²) in [6.45, 7) is 1.94. The van der Waals surface area contributed by atoms with E-state index >= 15 is 0 Å². The highest BCUT2D eigenvalue weighted by Gasteiger charge is 2.14. The number of hydrogen-bond acceptors (Lipinski definition) is 5. The summed E-state index contributed by atoms with van der Waals surface area (Å²) in [5, 5.41) is 6.91. The molecule has 18 heavy (non-hydrogen) atoms. The van der Waals surface area contributed by atoms with Crippen molar-refractivity contribution in [3.63, 3.8) is 0 Å². The lowest BCUT2D eigenvalue weighted by molar-refractivity contribution is 0.0940. The van der Waals surface area contributed by atoms with Crippen LogP contribution >= 0.6 is 11.3 Å². The number of carbonyl (C=O) groups is 1.